The van der Waals surface area contributed by atoms with Crippen LogP contribution in [0.5, 0.6) is 0 Å². The number of hydrogen-bond donors (Lipinski definition) is 1. The Morgan fingerprint density at radius 3 is 2.50 bits per heavy atom. The summed E-state index contributed by atoms with van der Waals surface area (Å²) in [7, 11) is -3.76. The number of nitrogens with one attached hydrogen (secondary N) is 1. The highest BCUT2D eigenvalue weighted by Crippen LogP contribution is 2.32. The van der Waals surface area contributed by atoms with Crippen LogP contribution in [0.2, 0.25) is 0 Å². The van der Waals surface area contributed by atoms with Gasteiger partial charge in [0.15, 0.2) is 0 Å². The number of carbonyl (C=O) groups excluding carboxylic acids is 1. The summed E-state index contributed by atoms with van der Waals surface area (Å²) in [6.45, 7) is 2.36. The van der Waals surface area contributed by atoms with Crippen molar-refractivity contribution in [2.45, 2.75) is 32.4 Å². The topological polar surface area (TPSA) is 66.5 Å². The van der Waals surface area contributed by atoms with Gasteiger partial charge in [-0.15, -0.1) is 0 Å². The van der Waals surface area contributed by atoms with Gasteiger partial charge in [0.05, 0.1) is 17.5 Å². The minimum atomic E-state index is -4.56. The average Bonchev–Trinajstić information content (AvgIpc) is 2.47. The molecule has 0 saturated carbocycles. The number of nitrogens with zero attached hydrogens (tertiary/aromatic N) is 1. The highest BCUT2D eigenvalue weighted by molar-refractivity contribution is 7.92. The fraction of sp³-hybridized carbons (Fsp3) is 0.533. The summed E-state index contributed by atoms with van der Waals surface area (Å²) in [4.78, 5) is 11.5. The fourth-order valence-electron chi connectivity index (χ4n) is 2.06. The van der Waals surface area contributed by atoms with Gasteiger partial charge >= 0.3 is 6.18 Å². The first kappa shape index (κ1) is 20.3. The summed E-state index contributed by atoms with van der Waals surface area (Å²) < 4.78 is 63.0. The van der Waals surface area contributed by atoms with E-state index in [1.165, 1.54) is 6.07 Å². The van der Waals surface area contributed by atoms with Crippen LogP contribution in [0.25, 0.3) is 0 Å². The van der Waals surface area contributed by atoms with Crippen molar-refractivity contribution in [1.29, 1.82) is 0 Å². The molecule has 1 aromatic rings. The SMILES string of the molecule is CCCNC(=O)CCCN(c1cccc(C(F)(F)F)c1)S(C)(=O)=O. The highest BCUT2D eigenvalue weighted by Gasteiger charge is 2.31. The third kappa shape index (κ3) is 6.38. The third-order valence-electron chi connectivity index (χ3n) is 3.20. The smallest absolute Gasteiger partial charge is 0.356 e. The van der Waals surface area contributed by atoms with Gasteiger partial charge in [0.2, 0.25) is 15.9 Å². The standard InChI is InChI=1S/C15H21F3N2O3S/c1-3-9-19-14(21)8-5-10-20(24(2,22)23)13-7-4-6-12(11-13)15(16,17)18/h4,6-7,11H,3,5,8-10H2,1-2H3,(H,19,21). The molecule has 0 aromatic heterocycles. The molecule has 5 nitrogen and oxygen atoms in total. The molecular formula is C15H21F3N2O3S. The molecule has 0 unspecified atom stereocenters. The number of carbonyl (C=O) groups is 1. The van der Waals surface area contributed by atoms with E-state index < -0.39 is 21.8 Å². The van der Waals surface area contributed by atoms with Crippen molar-refractivity contribution in [3.05, 3.63) is 29.8 Å². The summed E-state index contributed by atoms with van der Waals surface area (Å²) in [5, 5.41) is 2.66. The van der Waals surface area contributed by atoms with E-state index in [9.17, 15) is 26.4 Å². The van der Waals surface area contributed by atoms with E-state index >= 15 is 0 Å². The minimum absolute atomic E-state index is 0.0682. The molecule has 0 aliphatic rings. The molecule has 0 aliphatic carbocycles. The zero-order valence-corrected chi connectivity index (χ0v) is 14.4. The van der Waals surface area contributed by atoms with Crippen molar-refractivity contribution in [1.82, 2.24) is 5.32 Å². The van der Waals surface area contributed by atoms with Crippen molar-refractivity contribution >= 4 is 21.6 Å². The van der Waals surface area contributed by atoms with Crippen LogP contribution in [0.1, 0.15) is 31.7 Å². The number of sulfonamides is 1. The van der Waals surface area contributed by atoms with E-state index in [-0.39, 0.29) is 31.0 Å². The lowest BCUT2D eigenvalue weighted by molar-refractivity contribution is -0.137. The van der Waals surface area contributed by atoms with Crippen LogP contribution in [-0.2, 0) is 21.0 Å². The monoisotopic (exact) mass is 366 g/mol. The molecule has 1 N–H and O–H groups in total. The first-order valence-corrected chi connectivity index (χ1v) is 9.32. The molecule has 1 amide bonds. The lowest BCUT2D eigenvalue weighted by Gasteiger charge is -2.23. The lowest BCUT2D eigenvalue weighted by Crippen LogP contribution is -2.32. The Hall–Kier alpha value is -1.77. The molecule has 0 bridgehead atoms. The van der Waals surface area contributed by atoms with Crippen LogP contribution in [0.15, 0.2) is 24.3 Å². The molecule has 0 saturated heterocycles. The molecule has 0 fully saturated rings. The van der Waals surface area contributed by atoms with Crippen LogP contribution in [0.3, 0.4) is 0 Å². The minimum Gasteiger partial charge on any atom is -0.356 e. The molecule has 0 radical (unpaired) electrons. The summed E-state index contributed by atoms with van der Waals surface area (Å²) in [5.41, 5.74) is -0.990. The second kappa shape index (κ2) is 8.36. The van der Waals surface area contributed by atoms with Gasteiger partial charge in [-0.25, -0.2) is 8.42 Å². The number of halogens is 3. The van der Waals surface area contributed by atoms with E-state index in [1.807, 2.05) is 6.92 Å². The molecule has 136 valence electrons. The van der Waals surface area contributed by atoms with Gasteiger partial charge in [0.1, 0.15) is 0 Å². The molecule has 1 aromatic carbocycles. The summed E-state index contributed by atoms with van der Waals surface area (Å²) >= 11 is 0. The van der Waals surface area contributed by atoms with Gasteiger partial charge in [0, 0.05) is 19.5 Å². The van der Waals surface area contributed by atoms with E-state index in [4.69, 9.17) is 0 Å². The van der Waals surface area contributed by atoms with Crippen molar-refractivity contribution in [3.63, 3.8) is 0 Å². The summed E-state index contributed by atoms with van der Waals surface area (Å²) in [5.74, 6) is -0.214. The highest BCUT2D eigenvalue weighted by atomic mass is 32.2. The number of hydrogen-bond acceptors (Lipinski definition) is 3. The molecule has 0 atom stereocenters. The Morgan fingerprint density at radius 2 is 1.96 bits per heavy atom. The quantitative estimate of drug-likeness (QED) is 0.769. The van der Waals surface area contributed by atoms with Crippen LogP contribution in [-0.4, -0.2) is 33.7 Å². The van der Waals surface area contributed by atoms with Crippen LogP contribution in [0.4, 0.5) is 18.9 Å². The Balaban J connectivity index is 2.86. The maximum atomic E-state index is 12.8. The number of anilines is 1. The normalized spacial score (nSPS) is 12.0. The van der Waals surface area contributed by atoms with E-state index in [0.717, 1.165) is 35.2 Å². The van der Waals surface area contributed by atoms with Crippen molar-refractivity contribution in [2.24, 2.45) is 0 Å². The molecule has 1 rings (SSSR count). The zero-order valence-electron chi connectivity index (χ0n) is 13.6. The maximum absolute atomic E-state index is 12.8. The Morgan fingerprint density at radius 1 is 1.29 bits per heavy atom. The summed E-state index contributed by atoms with van der Waals surface area (Å²) in [6.07, 6.45) is -2.54. The fourth-order valence-corrected chi connectivity index (χ4v) is 3.02. The molecular weight excluding hydrogens is 345 g/mol. The van der Waals surface area contributed by atoms with Gasteiger partial charge in [-0.2, -0.15) is 13.2 Å². The van der Waals surface area contributed by atoms with Crippen LogP contribution >= 0.6 is 0 Å². The van der Waals surface area contributed by atoms with E-state index in [1.54, 1.807) is 0 Å². The zero-order chi connectivity index (χ0) is 18.4. The predicted molar refractivity (Wildman–Crippen MR) is 86.2 cm³/mol. The number of amides is 1. The first-order chi connectivity index (χ1) is 11.1. The molecule has 0 spiro atoms. The Kier molecular flexibility index (Phi) is 7.07. The molecule has 0 aliphatic heterocycles. The Bertz CT molecular complexity index is 660. The van der Waals surface area contributed by atoms with Gasteiger partial charge in [-0.1, -0.05) is 13.0 Å². The number of alkyl halides is 3. The molecule has 24 heavy (non-hydrogen) atoms. The van der Waals surface area contributed by atoms with Crippen LogP contribution < -0.4 is 9.62 Å². The van der Waals surface area contributed by atoms with Gasteiger partial charge in [-0.05, 0) is 31.0 Å². The van der Waals surface area contributed by atoms with E-state index in [2.05, 4.69) is 5.32 Å². The summed E-state index contributed by atoms with van der Waals surface area (Å²) in [6, 6.07) is 4.12. The largest absolute Gasteiger partial charge is 0.416 e. The van der Waals surface area contributed by atoms with Crippen molar-refractivity contribution in [3.8, 4) is 0 Å². The molecule has 9 heteroatoms. The number of benzene rings is 1. The van der Waals surface area contributed by atoms with Gasteiger partial charge < -0.3 is 5.32 Å². The van der Waals surface area contributed by atoms with Gasteiger partial charge in [0.25, 0.3) is 0 Å². The maximum Gasteiger partial charge on any atom is 0.416 e. The average molecular weight is 366 g/mol. The first-order valence-electron chi connectivity index (χ1n) is 7.47. The number of rotatable bonds is 8. The second-order valence-electron chi connectivity index (χ2n) is 5.34. The third-order valence-corrected chi connectivity index (χ3v) is 4.39. The Labute approximate surface area is 139 Å². The predicted octanol–water partition coefficient (Wildman–Crippen LogP) is 2.78. The van der Waals surface area contributed by atoms with Crippen LogP contribution in [0, 0.1) is 0 Å². The second-order valence-corrected chi connectivity index (χ2v) is 7.24. The van der Waals surface area contributed by atoms with E-state index in [0.29, 0.717) is 6.54 Å². The lowest BCUT2D eigenvalue weighted by atomic mass is 10.2. The van der Waals surface area contributed by atoms with Gasteiger partial charge in [-0.3, -0.25) is 9.10 Å². The van der Waals surface area contributed by atoms with Crippen molar-refractivity contribution in [2.75, 3.05) is 23.7 Å². The van der Waals surface area contributed by atoms with Crippen molar-refractivity contribution < 1.29 is 26.4 Å². The molecule has 0 heterocycles.